The summed E-state index contributed by atoms with van der Waals surface area (Å²) < 4.78 is 6.67. The SMILES string of the molecule is CC(C)Cc1c(=O)[nH]c(Cc2c[nH]c3ccccc23)c(OCCc2ccccc2)[n+]1[O-]. The lowest BCUT2D eigenvalue weighted by molar-refractivity contribution is -0.623. The molecule has 0 fully saturated rings. The molecule has 160 valence electrons. The molecule has 0 spiro atoms. The number of ether oxygens (including phenoxy) is 1. The van der Waals surface area contributed by atoms with Gasteiger partial charge in [0.25, 0.3) is 5.69 Å². The minimum absolute atomic E-state index is 0.177. The topological polar surface area (TPSA) is 84.8 Å². The Morgan fingerprint density at radius 1 is 1.06 bits per heavy atom. The van der Waals surface area contributed by atoms with E-state index in [2.05, 4.69) is 9.97 Å². The first-order valence-corrected chi connectivity index (χ1v) is 10.6. The van der Waals surface area contributed by atoms with Gasteiger partial charge < -0.3 is 19.9 Å². The number of aromatic nitrogens is 3. The fourth-order valence-electron chi connectivity index (χ4n) is 3.81. The van der Waals surface area contributed by atoms with Crippen molar-refractivity contribution in [2.24, 2.45) is 5.92 Å². The van der Waals surface area contributed by atoms with Gasteiger partial charge in [-0.05, 0) is 23.1 Å². The van der Waals surface area contributed by atoms with Crippen molar-refractivity contribution in [2.75, 3.05) is 6.61 Å². The van der Waals surface area contributed by atoms with Crippen LogP contribution in [0.25, 0.3) is 10.9 Å². The van der Waals surface area contributed by atoms with Gasteiger partial charge in [0.05, 0.1) is 6.61 Å². The molecule has 0 bridgehead atoms. The molecule has 6 heteroatoms. The van der Waals surface area contributed by atoms with Crippen molar-refractivity contribution >= 4 is 10.9 Å². The van der Waals surface area contributed by atoms with E-state index >= 15 is 0 Å². The second kappa shape index (κ2) is 9.08. The number of benzene rings is 2. The zero-order valence-corrected chi connectivity index (χ0v) is 17.9. The maximum atomic E-state index is 13.1. The van der Waals surface area contributed by atoms with Crippen molar-refractivity contribution in [1.29, 1.82) is 0 Å². The lowest BCUT2D eigenvalue weighted by Crippen LogP contribution is -2.43. The number of rotatable bonds is 8. The first-order valence-electron chi connectivity index (χ1n) is 10.6. The highest BCUT2D eigenvalue weighted by Crippen LogP contribution is 2.23. The largest absolute Gasteiger partial charge is 0.616 e. The number of fused-ring (bicyclic) bond motifs is 1. The molecule has 4 aromatic rings. The second-order valence-corrected chi connectivity index (χ2v) is 8.20. The molecule has 2 N–H and O–H groups in total. The van der Waals surface area contributed by atoms with Crippen LogP contribution in [0.1, 0.15) is 36.4 Å². The smallest absolute Gasteiger partial charge is 0.400 e. The summed E-state index contributed by atoms with van der Waals surface area (Å²) in [5, 5.41) is 14.2. The molecule has 2 aromatic carbocycles. The van der Waals surface area contributed by atoms with E-state index in [0.717, 1.165) is 22.0 Å². The van der Waals surface area contributed by atoms with Crippen LogP contribution in [0.4, 0.5) is 0 Å². The van der Waals surface area contributed by atoms with Gasteiger partial charge >= 0.3 is 11.4 Å². The van der Waals surface area contributed by atoms with E-state index in [-0.39, 0.29) is 23.1 Å². The quantitative estimate of drug-likeness (QED) is 0.337. The highest BCUT2D eigenvalue weighted by Gasteiger charge is 2.25. The Bertz CT molecular complexity index is 1230. The Labute approximate surface area is 181 Å². The zero-order chi connectivity index (χ0) is 21.8. The fraction of sp³-hybridized carbons (Fsp3) is 0.280. The van der Waals surface area contributed by atoms with Gasteiger partial charge in [0.2, 0.25) is 0 Å². The van der Waals surface area contributed by atoms with Gasteiger partial charge in [0.1, 0.15) is 5.69 Å². The van der Waals surface area contributed by atoms with Crippen molar-refractivity contribution in [1.82, 2.24) is 9.97 Å². The van der Waals surface area contributed by atoms with Gasteiger partial charge in [-0.3, -0.25) is 4.79 Å². The van der Waals surface area contributed by atoms with E-state index in [1.807, 2.05) is 74.6 Å². The summed E-state index contributed by atoms with van der Waals surface area (Å²) in [6.45, 7) is 4.31. The van der Waals surface area contributed by atoms with Gasteiger partial charge in [-0.25, -0.2) is 0 Å². The number of nitrogens with zero attached hydrogens (tertiary/aromatic N) is 1. The summed E-state index contributed by atoms with van der Waals surface area (Å²) in [7, 11) is 0. The molecule has 31 heavy (non-hydrogen) atoms. The van der Waals surface area contributed by atoms with Crippen LogP contribution < -0.4 is 15.0 Å². The molecule has 2 aromatic heterocycles. The van der Waals surface area contributed by atoms with Crippen LogP contribution in [-0.4, -0.2) is 16.6 Å². The first kappa shape index (κ1) is 20.7. The Kier molecular flexibility index (Phi) is 6.07. The minimum atomic E-state index is -0.353. The van der Waals surface area contributed by atoms with Crippen molar-refractivity contribution in [2.45, 2.75) is 33.1 Å². The summed E-state index contributed by atoms with van der Waals surface area (Å²) in [4.78, 5) is 18.9. The van der Waals surface area contributed by atoms with Crippen LogP contribution >= 0.6 is 0 Å². The van der Waals surface area contributed by atoms with Gasteiger partial charge in [0.15, 0.2) is 0 Å². The molecule has 0 aliphatic rings. The Hall–Kier alpha value is -3.54. The van der Waals surface area contributed by atoms with Crippen LogP contribution in [0.3, 0.4) is 0 Å². The first-order chi connectivity index (χ1) is 15.0. The molecule has 2 heterocycles. The standard InChI is InChI=1S/C25H27N3O3/c1-17(2)14-23-24(29)27-22(15-19-16-26-21-11-7-6-10-20(19)21)25(28(23)30)31-13-12-18-8-4-3-5-9-18/h3-11,16-17,26H,12-15H2,1-2H3,(H,27,29). The summed E-state index contributed by atoms with van der Waals surface area (Å²) in [5.74, 6) is 0.356. The van der Waals surface area contributed by atoms with Gasteiger partial charge in [-0.2, -0.15) is 0 Å². The van der Waals surface area contributed by atoms with Crippen LogP contribution in [0.2, 0.25) is 0 Å². The molecule has 0 radical (unpaired) electrons. The van der Waals surface area contributed by atoms with Crippen LogP contribution in [0.15, 0.2) is 65.6 Å². The summed E-state index contributed by atoms with van der Waals surface area (Å²) in [5.41, 5.74) is 3.46. The van der Waals surface area contributed by atoms with Crippen molar-refractivity contribution < 1.29 is 9.47 Å². The number of hydrogen-bond acceptors (Lipinski definition) is 3. The highest BCUT2D eigenvalue weighted by atomic mass is 16.6. The van der Waals surface area contributed by atoms with E-state index < -0.39 is 0 Å². The second-order valence-electron chi connectivity index (χ2n) is 8.20. The van der Waals surface area contributed by atoms with Gasteiger partial charge in [-0.1, -0.05) is 62.4 Å². The molecular formula is C25H27N3O3. The van der Waals surface area contributed by atoms with Crippen LogP contribution in [-0.2, 0) is 19.3 Å². The number of para-hydroxylation sites is 1. The number of hydrogen-bond donors (Lipinski definition) is 2. The maximum Gasteiger partial charge on any atom is 0.400 e. The van der Waals surface area contributed by atoms with E-state index in [0.29, 0.717) is 36.3 Å². The molecular weight excluding hydrogens is 390 g/mol. The third-order valence-corrected chi connectivity index (χ3v) is 5.33. The summed E-state index contributed by atoms with van der Waals surface area (Å²) in [6.07, 6.45) is 3.37. The highest BCUT2D eigenvalue weighted by molar-refractivity contribution is 5.83. The number of nitrogens with one attached hydrogen (secondary N) is 2. The zero-order valence-electron chi connectivity index (χ0n) is 17.9. The molecule has 0 unspecified atom stereocenters. The molecule has 0 saturated carbocycles. The molecule has 0 atom stereocenters. The predicted molar refractivity (Wildman–Crippen MR) is 121 cm³/mol. The van der Waals surface area contributed by atoms with Crippen molar-refractivity contribution in [3.05, 3.63) is 98.9 Å². The van der Waals surface area contributed by atoms with E-state index in [1.54, 1.807) is 0 Å². The Balaban J connectivity index is 1.67. The normalized spacial score (nSPS) is 11.3. The molecule has 0 saturated heterocycles. The summed E-state index contributed by atoms with van der Waals surface area (Å²) in [6, 6.07) is 17.9. The lowest BCUT2D eigenvalue weighted by atomic mass is 10.1. The molecule has 0 aliphatic carbocycles. The molecule has 0 amide bonds. The fourth-order valence-corrected chi connectivity index (χ4v) is 3.81. The molecule has 4 rings (SSSR count). The number of aromatic amines is 2. The third kappa shape index (κ3) is 4.63. The van der Waals surface area contributed by atoms with E-state index in [4.69, 9.17) is 4.74 Å². The predicted octanol–water partition coefficient (Wildman–Crippen LogP) is 3.90. The summed E-state index contributed by atoms with van der Waals surface area (Å²) >= 11 is 0. The van der Waals surface area contributed by atoms with Crippen LogP contribution in [0.5, 0.6) is 5.88 Å². The van der Waals surface area contributed by atoms with Crippen LogP contribution in [0, 0.1) is 11.1 Å². The average molecular weight is 418 g/mol. The average Bonchev–Trinajstić information content (AvgIpc) is 3.17. The Morgan fingerprint density at radius 3 is 2.58 bits per heavy atom. The van der Waals surface area contributed by atoms with Gasteiger partial charge in [0, 0.05) is 36.4 Å². The molecule has 6 nitrogen and oxygen atoms in total. The third-order valence-electron chi connectivity index (χ3n) is 5.33. The van der Waals surface area contributed by atoms with Crippen molar-refractivity contribution in [3.63, 3.8) is 0 Å². The minimum Gasteiger partial charge on any atom is -0.616 e. The van der Waals surface area contributed by atoms with Crippen molar-refractivity contribution in [3.8, 4) is 5.88 Å². The van der Waals surface area contributed by atoms with Gasteiger partial charge in [-0.15, -0.1) is 4.73 Å². The molecule has 0 aliphatic heterocycles. The van der Waals surface area contributed by atoms with E-state index in [1.165, 1.54) is 0 Å². The van der Waals surface area contributed by atoms with E-state index in [9.17, 15) is 10.0 Å². The maximum absolute atomic E-state index is 13.1. The number of H-pyrrole nitrogens is 2. The lowest BCUT2D eigenvalue weighted by Gasteiger charge is -2.14. The Morgan fingerprint density at radius 2 is 1.81 bits per heavy atom. The monoisotopic (exact) mass is 417 g/mol.